The Morgan fingerprint density at radius 2 is 2.00 bits per heavy atom. The van der Waals surface area contributed by atoms with E-state index in [1.807, 2.05) is 36.9 Å². The van der Waals surface area contributed by atoms with Gasteiger partial charge < -0.3 is 9.47 Å². The van der Waals surface area contributed by atoms with Crippen molar-refractivity contribution >= 4 is 16.9 Å². The normalized spacial score (nSPS) is 22.1. The van der Waals surface area contributed by atoms with Gasteiger partial charge in [0, 0.05) is 36.8 Å². The minimum Gasteiger partial charge on any atom is -0.336 e. The number of rotatable bonds is 6. The zero-order chi connectivity index (χ0) is 21.5. The molecule has 2 saturated heterocycles. The molecule has 162 valence electrons. The van der Waals surface area contributed by atoms with Gasteiger partial charge >= 0.3 is 0 Å². The molecule has 6 rings (SSSR count). The molecule has 0 saturated carbocycles. The van der Waals surface area contributed by atoms with Crippen molar-refractivity contribution in [2.24, 2.45) is 5.92 Å². The van der Waals surface area contributed by atoms with Crippen LogP contribution in [0, 0.1) is 5.92 Å². The Hall–Kier alpha value is -3.41. The van der Waals surface area contributed by atoms with Crippen molar-refractivity contribution < 1.29 is 4.79 Å². The molecule has 1 amide bonds. The van der Waals surface area contributed by atoms with E-state index in [-0.39, 0.29) is 0 Å². The number of nitrogens with one attached hydrogen (secondary N) is 1. The molecule has 2 aromatic carbocycles. The summed E-state index contributed by atoms with van der Waals surface area (Å²) in [6.07, 6.45) is 10.5. The summed E-state index contributed by atoms with van der Waals surface area (Å²) in [5.74, 6) is 0.824. The number of nitrogens with zero attached hydrogens (tertiary/aromatic N) is 4. The number of aromatic nitrogens is 4. The Kier molecular flexibility index (Phi) is 4.78. The lowest BCUT2D eigenvalue weighted by atomic mass is 9.89. The van der Waals surface area contributed by atoms with Gasteiger partial charge in [0.15, 0.2) is 0 Å². The number of aryl methyl sites for hydroxylation is 1. The fourth-order valence-corrected chi connectivity index (χ4v) is 5.77. The van der Waals surface area contributed by atoms with Gasteiger partial charge in [-0.25, -0.2) is 4.98 Å². The lowest BCUT2D eigenvalue weighted by molar-refractivity contribution is -0.132. The van der Waals surface area contributed by atoms with E-state index in [9.17, 15) is 4.79 Å². The molecule has 2 aromatic heterocycles. The van der Waals surface area contributed by atoms with Crippen LogP contribution >= 0.6 is 0 Å². The second-order valence-corrected chi connectivity index (χ2v) is 9.17. The predicted molar refractivity (Wildman–Crippen MR) is 124 cm³/mol. The molecule has 4 aromatic rings. The molecular formula is C26H27N5O. The lowest BCUT2D eigenvalue weighted by Crippen LogP contribution is -2.37. The first-order chi connectivity index (χ1) is 15.8. The summed E-state index contributed by atoms with van der Waals surface area (Å²) < 4.78 is 2.27. The lowest BCUT2D eigenvalue weighted by Gasteiger charge is -2.25. The molecule has 6 nitrogen and oxygen atoms in total. The Balaban J connectivity index is 1.15. The third-order valence-electron chi connectivity index (χ3n) is 7.31. The van der Waals surface area contributed by atoms with E-state index in [1.165, 1.54) is 5.56 Å². The van der Waals surface area contributed by atoms with Crippen LogP contribution in [0.3, 0.4) is 0 Å². The molecule has 2 bridgehead atoms. The van der Waals surface area contributed by atoms with Gasteiger partial charge in [-0.3, -0.25) is 9.89 Å². The van der Waals surface area contributed by atoms with E-state index in [1.54, 1.807) is 0 Å². The molecule has 0 spiro atoms. The Labute approximate surface area is 187 Å². The summed E-state index contributed by atoms with van der Waals surface area (Å²) in [5, 5.41) is 6.91. The first-order valence-corrected chi connectivity index (χ1v) is 11.6. The van der Waals surface area contributed by atoms with Crippen LogP contribution < -0.4 is 0 Å². The van der Waals surface area contributed by atoms with Crippen molar-refractivity contribution in [3.8, 4) is 11.1 Å². The summed E-state index contributed by atoms with van der Waals surface area (Å²) in [6, 6.07) is 17.5. The third-order valence-corrected chi connectivity index (χ3v) is 7.31. The van der Waals surface area contributed by atoms with Crippen LogP contribution in [0.25, 0.3) is 22.2 Å². The number of benzene rings is 2. The van der Waals surface area contributed by atoms with E-state index < -0.39 is 0 Å². The molecule has 2 aliphatic rings. The maximum absolute atomic E-state index is 13.1. The van der Waals surface area contributed by atoms with Crippen molar-refractivity contribution in [1.29, 1.82) is 0 Å². The monoisotopic (exact) mass is 425 g/mol. The number of carbonyl (C=O) groups excluding carboxylic acids is 1. The quantitative estimate of drug-likeness (QED) is 0.497. The number of hydrogen-bond donors (Lipinski definition) is 1. The Bertz CT molecular complexity index is 1230. The van der Waals surface area contributed by atoms with E-state index in [0.717, 1.165) is 54.4 Å². The minimum atomic E-state index is 0.323. The van der Waals surface area contributed by atoms with E-state index in [2.05, 4.69) is 55.0 Å². The highest BCUT2D eigenvalue weighted by Gasteiger charge is 2.48. The average molecular weight is 426 g/mol. The topological polar surface area (TPSA) is 66.8 Å². The number of hydrogen-bond acceptors (Lipinski definition) is 3. The zero-order valence-corrected chi connectivity index (χ0v) is 18.0. The van der Waals surface area contributed by atoms with Gasteiger partial charge in [-0.05, 0) is 54.9 Å². The molecular weight excluding hydrogens is 398 g/mol. The van der Waals surface area contributed by atoms with Crippen molar-refractivity contribution in [3.05, 3.63) is 72.8 Å². The minimum absolute atomic E-state index is 0.323. The summed E-state index contributed by atoms with van der Waals surface area (Å²) >= 11 is 0. The number of imidazole rings is 1. The average Bonchev–Trinajstić information content (AvgIpc) is 3.62. The van der Waals surface area contributed by atoms with Crippen LogP contribution in [0.2, 0.25) is 0 Å². The van der Waals surface area contributed by atoms with Crippen LogP contribution in [0.4, 0.5) is 0 Å². The van der Waals surface area contributed by atoms with Gasteiger partial charge in [0.2, 0.25) is 5.91 Å². The van der Waals surface area contributed by atoms with Crippen LogP contribution in [0.15, 0.2) is 67.3 Å². The largest absolute Gasteiger partial charge is 0.336 e. The SMILES string of the molecule is O=C(CCc1ccccc1)N1C2CC[C@H]1C(Cn1cnc3cc(-c4cn[nH]c4)ccc31)C2. The van der Waals surface area contributed by atoms with Crippen molar-refractivity contribution in [2.45, 2.75) is 50.7 Å². The highest BCUT2D eigenvalue weighted by atomic mass is 16.2. The smallest absolute Gasteiger partial charge is 0.223 e. The second kappa shape index (κ2) is 7.93. The number of aromatic amines is 1. The number of carbonyl (C=O) groups is 1. The molecule has 4 heterocycles. The van der Waals surface area contributed by atoms with E-state index >= 15 is 0 Å². The van der Waals surface area contributed by atoms with Crippen molar-refractivity contribution in [2.75, 3.05) is 0 Å². The predicted octanol–water partition coefficient (Wildman–Crippen LogP) is 4.44. The first kappa shape index (κ1) is 19.3. The maximum atomic E-state index is 13.1. The summed E-state index contributed by atoms with van der Waals surface area (Å²) in [7, 11) is 0. The van der Waals surface area contributed by atoms with Gasteiger partial charge in [0.25, 0.3) is 0 Å². The summed E-state index contributed by atoms with van der Waals surface area (Å²) in [5.41, 5.74) is 5.58. The van der Waals surface area contributed by atoms with Crippen LogP contribution in [0.1, 0.15) is 31.2 Å². The third kappa shape index (κ3) is 3.40. The van der Waals surface area contributed by atoms with E-state index in [4.69, 9.17) is 0 Å². The molecule has 6 heteroatoms. The van der Waals surface area contributed by atoms with Crippen molar-refractivity contribution in [1.82, 2.24) is 24.6 Å². The van der Waals surface area contributed by atoms with Gasteiger partial charge in [-0.1, -0.05) is 36.4 Å². The summed E-state index contributed by atoms with van der Waals surface area (Å²) in [4.78, 5) is 20.0. The fourth-order valence-electron chi connectivity index (χ4n) is 5.77. The molecule has 3 atom stereocenters. The van der Waals surface area contributed by atoms with Crippen LogP contribution in [0.5, 0.6) is 0 Å². The van der Waals surface area contributed by atoms with E-state index in [0.29, 0.717) is 30.3 Å². The Morgan fingerprint density at radius 1 is 1.09 bits per heavy atom. The van der Waals surface area contributed by atoms with Gasteiger partial charge in [-0.15, -0.1) is 0 Å². The Morgan fingerprint density at radius 3 is 2.84 bits per heavy atom. The highest BCUT2D eigenvalue weighted by molar-refractivity contribution is 5.82. The molecule has 32 heavy (non-hydrogen) atoms. The van der Waals surface area contributed by atoms with Crippen LogP contribution in [-0.2, 0) is 17.8 Å². The van der Waals surface area contributed by atoms with Gasteiger partial charge in [0.05, 0.1) is 23.6 Å². The first-order valence-electron chi connectivity index (χ1n) is 11.6. The maximum Gasteiger partial charge on any atom is 0.223 e. The molecule has 2 fully saturated rings. The number of fused-ring (bicyclic) bond motifs is 3. The second-order valence-electron chi connectivity index (χ2n) is 9.17. The molecule has 0 radical (unpaired) electrons. The van der Waals surface area contributed by atoms with Crippen molar-refractivity contribution in [3.63, 3.8) is 0 Å². The van der Waals surface area contributed by atoms with Gasteiger partial charge in [-0.2, -0.15) is 5.10 Å². The zero-order valence-electron chi connectivity index (χ0n) is 18.0. The number of amides is 1. The number of H-pyrrole nitrogens is 1. The standard InChI is InChI=1S/C26H27N5O/c32-26(11-6-18-4-2-1-3-5-18)31-22-8-10-24(31)20(12-22)16-30-17-27-23-13-19(7-9-25(23)30)21-14-28-29-15-21/h1-5,7,9,13-15,17,20,22,24H,6,8,10-12,16H2,(H,28,29)/t20?,22?,24-/m0/s1. The van der Waals surface area contributed by atoms with Gasteiger partial charge in [0.1, 0.15) is 0 Å². The molecule has 1 N–H and O–H groups in total. The highest BCUT2D eigenvalue weighted by Crippen LogP contribution is 2.43. The molecule has 2 unspecified atom stereocenters. The molecule has 2 aliphatic heterocycles. The van der Waals surface area contributed by atoms with Crippen LogP contribution in [-0.4, -0.2) is 42.6 Å². The summed E-state index contributed by atoms with van der Waals surface area (Å²) in [6.45, 7) is 0.922. The fraction of sp³-hybridized carbons (Fsp3) is 0.346. The molecule has 0 aliphatic carbocycles.